The van der Waals surface area contributed by atoms with Crippen molar-refractivity contribution in [2.45, 2.75) is 35.1 Å². The number of aliphatic carboxylic acids is 1. The third-order valence-corrected chi connectivity index (χ3v) is 8.18. The molecule has 4 rings (SSSR count). The SMILES string of the molecule is C[S@@](=O)c1cccc(-c2ccc(S(=O)(=O)NC3CCCc4c(OCC(=O)O)cccc43)cc2)c1. The van der Waals surface area contributed by atoms with E-state index in [0.29, 0.717) is 23.5 Å². The number of fused-ring (bicyclic) bond motifs is 1. The van der Waals surface area contributed by atoms with Crippen LogP contribution in [0.25, 0.3) is 11.1 Å². The van der Waals surface area contributed by atoms with Gasteiger partial charge in [0.05, 0.1) is 4.90 Å². The van der Waals surface area contributed by atoms with E-state index in [1.54, 1.807) is 48.7 Å². The van der Waals surface area contributed by atoms with Gasteiger partial charge in [0.25, 0.3) is 0 Å². The van der Waals surface area contributed by atoms with Crippen LogP contribution < -0.4 is 9.46 Å². The van der Waals surface area contributed by atoms with E-state index in [4.69, 9.17) is 9.84 Å². The van der Waals surface area contributed by atoms with Crippen molar-refractivity contribution in [1.82, 2.24) is 4.72 Å². The van der Waals surface area contributed by atoms with Crippen LogP contribution in [-0.2, 0) is 32.0 Å². The average molecular weight is 500 g/mol. The second-order valence-corrected chi connectivity index (χ2v) is 11.2. The summed E-state index contributed by atoms with van der Waals surface area (Å²) < 4.78 is 46.3. The first kappa shape index (κ1) is 24.1. The second-order valence-electron chi connectivity index (χ2n) is 8.08. The lowest BCUT2D eigenvalue weighted by atomic mass is 9.87. The summed E-state index contributed by atoms with van der Waals surface area (Å²) in [4.78, 5) is 11.7. The summed E-state index contributed by atoms with van der Waals surface area (Å²) in [5.41, 5.74) is 3.33. The number of carboxylic acid groups (broad SMARTS) is 1. The molecule has 1 aliphatic rings. The summed E-state index contributed by atoms with van der Waals surface area (Å²) in [6.45, 7) is -0.448. The van der Waals surface area contributed by atoms with E-state index in [-0.39, 0.29) is 4.90 Å². The molecule has 0 amide bonds. The monoisotopic (exact) mass is 499 g/mol. The molecule has 7 nitrogen and oxygen atoms in total. The van der Waals surface area contributed by atoms with Gasteiger partial charge in [-0.05, 0) is 71.8 Å². The van der Waals surface area contributed by atoms with Gasteiger partial charge in [0.2, 0.25) is 10.0 Å². The summed E-state index contributed by atoms with van der Waals surface area (Å²) in [6.07, 6.45) is 3.69. The Kier molecular flexibility index (Phi) is 7.16. The predicted octanol–water partition coefficient (Wildman–Crippen LogP) is 3.91. The van der Waals surface area contributed by atoms with Crippen LogP contribution in [0.1, 0.15) is 30.0 Å². The highest BCUT2D eigenvalue weighted by molar-refractivity contribution is 7.89. The quantitative estimate of drug-likeness (QED) is 0.486. The number of ether oxygens (including phenoxy) is 1. The minimum atomic E-state index is -3.80. The van der Waals surface area contributed by atoms with Crippen LogP contribution in [0.15, 0.2) is 76.5 Å². The fraction of sp³-hybridized carbons (Fsp3) is 0.240. The van der Waals surface area contributed by atoms with Gasteiger partial charge in [0.1, 0.15) is 5.75 Å². The molecule has 0 spiro atoms. The number of benzene rings is 3. The van der Waals surface area contributed by atoms with Crippen molar-refractivity contribution in [3.63, 3.8) is 0 Å². The molecule has 2 atom stereocenters. The van der Waals surface area contributed by atoms with Crippen LogP contribution >= 0.6 is 0 Å². The molecular weight excluding hydrogens is 474 g/mol. The molecule has 0 heterocycles. The first-order valence-corrected chi connectivity index (χ1v) is 13.8. The highest BCUT2D eigenvalue weighted by Crippen LogP contribution is 2.36. The molecule has 3 aromatic rings. The van der Waals surface area contributed by atoms with Crippen LogP contribution in [-0.4, -0.2) is 36.6 Å². The Morgan fingerprint density at radius 3 is 2.53 bits per heavy atom. The number of carbonyl (C=O) groups is 1. The van der Waals surface area contributed by atoms with Gasteiger partial charge < -0.3 is 9.84 Å². The zero-order chi connectivity index (χ0) is 24.3. The number of sulfonamides is 1. The first-order chi connectivity index (χ1) is 16.2. The Morgan fingerprint density at radius 1 is 1.09 bits per heavy atom. The standard InChI is InChI=1S/C25H25NO6S2/c1-33(29)19-6-2-5-18(15-19)17-11-13-20(14-12-17)34(30,31)26-23-9-3-8-22-21(23)7-4-10-24(22)32-16-25(27)28/h2,4-7,10-15,23,26H,3,8-9,16H2,1H3,(H,27,28)/t23?,33-/m1/s1. The lowest BCUT2D eigenvalue weighted by Gasteiger charge is -2.27. The minimum absolute atomic E-state index is 0.150. The van der Waals surface area contributed by atoms with E-state index in [1.807, 2.05) is 24.3 Å². The van der Waals surface area contributed by atoms with Crippen LogP contribution in [0.4, 0.5) is 0 Å². The summed E-state index contributed by atoms with van der Waals surface area (Å²) in [7, 11) is -4.90. The molecule has 0 bridgehead atoms. The van der Waals surface area contributed by atoms with Gasteiger partial charge >= 0.3 is 5.97 Å². The van der Waals surface area contributed by atoms with Crippen LogP contribution in [0.5, 0.6) is 5.75 Å². The number of nitrogens with one attached hydrogen (secondary N) is 1. The lowest BCUT2D eigenvalue weighted by molar-refractivity contribution is -0.139. The molecule has 34 heavy (non-hydrogen) atoms. The average Bonchev–Trinajstić information content (AvgIpc) is 2.83. The minimum Gasteiger partial charge on any atom is -0.482 e. The van der Waals surface area contributed by atoms with Gasteiger partial charge in [-0.2, -0.15) is 0 Å². The molecular formula is C25H25NO6S2. The van der Waals surface area contributed by atoms with Gasteiger partial charge in [-0.15, -0.1) is 0 Å². The normalized spacial score (nSPS) is 16.4. The molecule has 1 aliphatic carbocycles. The maximum absolute atomic E-state index is 13.1. The van der Waals surface area contributed by atoms with Crippen LogP contribution in [0, 0.1) is 0 Å². The van der Waals surface area contributed by atoms with E-state index < -0.39 is 39.4 Å². The first-order valence-electron chi connectivity index (χ1n) is 10.8. The number of rotatable bonds is 8. The number of hydrogen-bond donors (Lipinski definition) is 2. The molecule has 0 saturated heterocycles. The van der Waals surface area contributed by atoms with Crippen molar-refractivity contribution in [1.29, 1.82) is 0 Å². The highest BCUT2D eigenvalue weighted by atomic mass is 32.2. The summed E-state index contributed by atoms with van der Waals surface area (Å²) in [6, 6.07) is 18.8. The van der Waals surface area contributed by atoms with E-state index in [2.05, 4.69) is 4.72 Å². The number of hydrogen-bond acceptors (Lipinski definition) is 5. The molecule has 0 radical (unpaired) electrons. The molecule has 0 fully saturated rings. The Bertz CT molecular complexity index is 1340. The number of carboxylic acids is 1. The van der Waals surface area contributed by atoms with Crippen molar-refractivity contribution >= 4 is 26.8 Å². The van der Waals surface area contributed by atoms with Gasteiger partial charge in [0.15, 0.2) is 6.61 Å². The maximum Gasteiger partial charge on any atom is 0.341 e. The highest BCUT2D eigenvalue weighted by Gasteiger charge is 2.27. The smallest absolute Gasteiger partial charge is 0.341 e. The summed E-state index contributed by atoms with van der Waals surface area (Å²) in [5.74, 6) is -0.591. The zero-order valence-electron chi connectivity index (χ0n) is 18.6. The van der Waals surface area contributed by atoms with Crippen molar-refractivity contribution in [2.75, 3.05) is 12.9 Å². The van der Waals surface area contributed by atoms with Crippen molar-refractivity contribution in [3.8, 4) is 16.9 Å². The topological polar surface area (TPSA) is 110 Å². The Morgan fingerprint density at radius 2 is 1.82 bits per heavy atom. The molecule has 178 valence electrons. The van der Waals surface area contributed by atoms with E-state index >= 15 is 0 Å². The van der Waals surface area contributed by atoms with Gasteiger partial charge in [-0.3, -0.25) is 4.21 Å². The van der Waals surface area contributed by atoms with Crippen molar-refractivity contribution in [2.24, 2.45) is 0 Å². The maximum atomic E-state index is 13.1. The van der Waals surface area contributed by atoms with Crippen molar-refractivity contribution < 1.29 is 27.3 Å². The van der Waals surface area contributed by atoms with Crippen LogP contribution in [0.3, 0.4) is 0 Å². The Labute approximate surface area is 201 Å². The second kappa shape index (κ2) is 10.1. The van der Waals surface area contributed by atoms with Crippen molar-refractivity contribution in [3.05, 3.63) is 77.9 Å². The molecule has 2 N–H and O–H groups in total. The van der Waals surface area contributed by atoms with E-state index in [0.717, 1.165) is 28.7 Å². The van der Waals surface area contributed by atoms with Gasteiger partial charge in [-0.1, -0.05) is 36.4 Å². The molecule has 0 aromatic heterocycles. The molecule has 0 saturated carbocycles. The molecule has 3 aromatic carbocycles. The van der Waals surface area contributed by atoms with Crippen LogP contribution in [0.2, 0.25) is 0 Å². The molecule has 0 aliphatic heterocycles. The Balaban J connectivity index is 1.55. The zero-order valence-corrected chi connectivity index (χ0v) is 20.2. The lowest BCUT2D eigenvalue weighted by Crippen LogP contribution is -2.31. The summed E-state index contributed by atoms with van der Waals surface area (Å²) in [5, 5.41) is 8.91. The Hall–Kier alpha value is -3.01. The van der Waals surface area contributed by atoms with Gasteiger partial charge in [-0.25, -0.2) is 17.9 Å². The fourth-order valence-corrected chi connectivity index (χ4v) is 5.96. The predicted molar refractivity (Wildman–Crippen MR) is 130 cm³/mol. The van der Waals surface area contributed by atoms with Gasteiger partial charge in [0, 0.05) is 28.0 Å². The van der Waals surface area contributed by atoms with E-state index in [1.165, 1.54) is 0 Å². The third kappa shape index (κ3) is 5.38. The van der Waals surface area contributed by atoms with E-state index in [9.17, 15) is 17.4 Å². The largest absolute Gasteiger partial charge is 0.482 e. The third-order valence-electron chi connectivity index (χ3n) is 5.78. The fourth-order valence-electron chi connectivity index (χ4n) is 4.15. The molecule has 9 heteroatoms. The summed E-state index contributed by atoms with van der Waals surface area (Å²) >= 11 is 0. The molecule has 1 unspecified atom stereocenters.